The number of carbonyl (C=O) groups is 1. The van der Waals surface area contributed by atoms with Crippen molar-refractivity contribution >= 4 is 40.6 Å². The number of hydrogen-bond acceptors (Lipinski definition) is 4. The lowest BCUT2D eigenvalue weighted by molar-refractivity contribution is 0.0978. The molecular formula is C10H9Cl3O4. The first kappa shape index (κ1) is 14.2. The molecule has 17 heavy (non-hydrogen) atoms. The van der Waals surface area contributed by atoms with Gasteiger partial charge in [0, 0.05) is 12.1 Å². The van der Waals surface area contributed by atoms with Crippen molar-refractivity contribution in [2.24, 2.45) is 0 Å². The third-order valence-corrected chi connectivity index (χ3v) is 2.33. The minimum Gasteiger partial charge on any atom is -0.508 e. The number of phenols is 2. The smallest absolute Gasteiger partial charge is 0.197 e. The number of hydrogen-bond donors (Lipinski definition) is 2. The van der Waals surface area contributed by atoms with E-state index in [4.69, 9.17) is 39.5 Å². The Morgan fingerprint density at radius 3 is 2.41 bits per heavy atom. The van der Waals surface area contributed by atoms with Gasteiger partial charge in [0.25, 0.3) is 0 Å². The van der Waals surface area contributed by atoms with Crippen LogP contribution in [0.1, 0.15) is 16.8 Å². The number of ether oxygens (including phenoxy) is 1. The average molecular weight is 300 g/mol. The maximum absolute atomic E-state index is 11.8. The number of rotatable bonds is 3. The minimum atomic E-state index is -1.76. The van der Waals surface area contributed by atoms with E-state index in [0.717, 1.165) is 6.07 Å². The zero-order valence-electron chi connectivity index (χ0n) is 8.71. The predicted molar refractivity (Wildman–Crippen MR) is 65.6 cm³/mol. The van der Waals surface area contributed by atoms with Crippen LogP contribution >= 0.6 is 34.8 Å². The molecule has 0 fully saturated rings. The molecule has 1 aromatic carbocycles. The van der Waals surface area contributed by atoms with Gasteiger partial charge >= 0.3 is 0 Å². The van der Waals surface area contributed by atoms with Gasteiger partial charge in [0.15, 0.2) is 9.58 Å². The van der Waals surface area contributed by atoms with Gasteiger partial charge in [0.1, 0.15) is 22.8 Å². The molecule has 0 aromatic heterocycles. The molecule has 0 atom stereocenters. The van der Waals surface area contributed by atoms with E-state index in [0.29, 0.717) is 0 Å². The summed E-state index contributed by atoms with van der Waals surface area (Å²) in [6, 6.07) is 2.19. The van der Waals surface area contributed by atoms with E-state index in [1.54, 1.807) is 0 Å². The highest BCUT2D eigenvalue weighted by Crippen LogP contribution is 2.37. The van der Waals surface area contributed by atoms with Gasteiger partial charge in [-0.2, -0.15) is 0 Å². The Morgan fingerprint density at radius 1 is 1.35 bits per heavy atom. The molecule has 0 heterocycles. The fourth-order valence-corrected chi connectivity index (χ4v) is 1.66. The van der Waals surface area contributed by atoms with Crippen LogP contribution in [0.25, 0.3) is 0 Å². The fraction of sp³-hybridized carbons (Fsp3) is 0.300. The van der Waals surface area contributed by atoms with E-state index < -0.39 is 21.7 Å². The number of alkyl halides is 3. The zero-order valence-corrected chi connectivity index (χ0v) is 11.0. The lowest BCUT2D eigenvalue weighted by atomic mass is 10.1. The first-order valence-corrected chi connectivity index (χ1v) is 5.58. The molecule has 0 amide bonds. The van der Waals surface area contributed by atoms with Crippen LogP contribution < -0.4 is 4.74 Å². The molecule has 2 N–H and O–H groups in total. The van der Waals surface area contributed by atoms with E-state index in [9.17, 15) is 15.0 Å². The summed E-state index contributed by atoms with van der Waals surface area (Å²) in [5.74, 6) is -1.24. The maximum atomic E-state index is 11.8. The van der Waals surface area contributed by atoms with Crippen LogP contribution in [0.2, 0.25) is 0 Å². The number of ketones is 1. The largest absolute Gasteiger partial charge is 0.508 e. The number of benzene rings is 1. The molecule has 0 saturated carbocycles. The number of methoxy groups -OCH3 is 1. The van der Waals surface area contributed by atoms with Gasteiger partial charge in [-0.25, -0.2) is 0 Å². The van der Waals surface area contributed by atoms with Crippen molar-refractivity contribution in [2.45, 2.75) is 10.2 Å². The van der Waals surface area contributed by atoms with Crippen LogP contribution in [0.15, 0.2) is 12.1 Å². The minimum absolute atomic E-state index is 0.0155. The molecule has 1 aromatic rings. The van der Waals surface area contributed by atoms with E-state index in [1.807, 2.05) is 0 Å². The van der Waals surface area contributed by atoms with Crippen molar-refractivity contribution in [1.29, 1.82) is 0 Å². The molecule has 7 heteroatoms. The Morgan fingerprint density at radius 2 is 1.94 bits per heavy atom. The van der Waals surface area contributed by atoms with Gasteiger partial charge in [-0.05, 0) is 0 Å². The van der Waals surface area contributed by atoms with Crippen LogP contribution in [0.3, 0.4) is 0 Å². The van der Waals surface area contributed by atoms with E-state index in [2.05, 4.69) is 0 Å². The van der Waals surface area contributed by atoms with Crippen LogP contribution in [0.4, 0.5) is 0 Å². The summed E-state index contributed by atoms with van der Waals surface area (Å²) in [4.78, 5) is 11.8. The van der Waals surface area contributed by atoms with E-state index in [1.165, 1.54) is 13.2 Å². The first-order valence-electron chi connectivity index (χ1n) is 4.44. The summed E-state index contributed by atoms with van der Waals surface area (Å²) >= 11 is 16.5. The van der Waals surface area contributed by atoms with Crippen molar-refractivity contribution in [3.05, 3.63) is 17.7 Å². The predicted octanol–water partition coefficient (Wildman–Crippen LogP) is 3.05. The highest BCUT2D eigenvalue weighted by atomic mass is 35.6. The Balaban J connectivity index is 3.17. The Hall–Kier alpha value is -0.840. The molecule has 0 aliphatic carbocycles. The summed E-state index contributed by atoms with van der Waals surface area (Å²) < 4.78 is 3.12. The molecule has 0 spiro atoms. The summed E-state index contributed by atoms with van der Waals surface area (Å²) in [5, 5.41) is 18.8. The highest BCUT2D eigenvalue weighted by molar-refractivity contribution is 6.68. The third kappa shape index (κ3) is 3.84. The molecule has 0 radical (unpaired) electrons. The molecule has 0 unspecified atom stereocenters. The topological polar surface area (TPSA) is 66.8 Å². The summed E-state index contributed by atoms with van der Waals surface area (Å²) in [7, 11) is 1.29. The van der Waals surface area contributed by atoms with Gasteiger partial charge in [-0.1, -0.05) is 34.8 Å². The fourth-order valence-electron chi connectivity index (χ4n) is 1.30. The standard InChI is InChI=1S/C10H9Cl3O4/c1-17-8-3-5(14)2-6(15)9(8)7(16)4-10(11,12)13/h2-3,14-15H,4H2,1H3. The monoisotopic (exact) mass is 298 g/mol. The number of phenolic OH excluding ortho intramolecular Hbond substituents is 2. The summed E-state index contributed by atoms with van der Waals surface area (Å²) in [6.07, 6.45) is -0.410. The van der Waals surface area contributed by atoms with Crippen LogP contribution in [0.5, 0.6) is 17.2 Å². The SMILES string of the molecule is COc1cc(O)cc(O)c1C(=O)CC(Cl)(Cl)Cl. The van der Waals surface area contributed by atoms with Gasteiger partial charge in [-0.15, -0.1) is 0 Å². The van der Waals surface area contributed by atoms with Crippen LogP contribution in [-0.2, 0) is 0 Å². The summed E-state index contributed by atoms with van der Waals surface area (Å²) in [5.41, 5.74) is -0.128. The highest BCUT2D eigenvalue weighted by Gasteiger charge is 2.28. The van der Waals surface area contributed by atoms with Gasteiger partial charge in [0.2, 0.25) is 0 Å². The normalized spacial score (nSPS) is 11.3. The van der Waals surface area contributed by atoms with Crippen molar-refractivity contribution in [3.8, 4) is 17.2 Å². The molecular weight excluding hydrogens is 290 g/mol. The van der Waals surface area contributed by atoms with E-state index >= 15 is 0 Å². The molecule has 0 saturated heterocycles. The second-order valence-electron chi connectivity index (χ2n) is 3.26. The molecule has 1 rings (SSSR count). The second kappa shape index (κ2) is 5.21. The molecule has 4 nitrogen and oxygen atoms in total. The molecule has 0 aliphatic heterocycles. The third-order valence-electron chi connectivity index (χ3n) is 1.93. The zero-order chi connectivity index (χ0) is 13.2. The number of aromatic hydroxyl groups is 2. The Kier molecular flexibility index (Phi) is 4.36. The lowest BCUT2D eigenvalue weighted by Gasteiger charge is -2.13. The number of Topliss-reactive ketones (excluding diaryl/α,β-unsaturated/α-hetero) is 1. The van der Waals surface area contributed by atoms with Crippen molar-refractivity contribution in [3.63, 3.8) is 0 Å². The maximum Gasteiger partial charge on any atom is 0.197 e. The van der Waals surface area contributed by atoms with Crippen molar-refractivity contribution in [1.82, 2.24) is 0 Å². The van der Waals surface area contributed by atoms with Crippen LogP contribution in [0, 0.1) is 0 Å². The van der Waals surface area contributed by atoms with Crippen molar-refractivity contribution in [2.75, 3.05) is 7.11 Å². The molecule has 94 valence electrons. The molecule has 0 aliphatic rings. The van der Waals surface area contributed by atoms with Gasteiger partial charge in [-0.3, -0.25) is 4.79 Å². The van der Waals surface area contributed by atoms with Gasteiger partial charge in [0.05, 0.1) is 13.5 Å². The van der Waals surface area contributed by atoms with Gasteiger partial charge < -0.3 is 14.9 Å². The first-order chi connectivity index (χ1) is 7.74. The summed E-state index contributed by atoms with van der Waals surface area (Å²) in [6.45, 7) is 0. The molecule has 0 bridgehead atoms. The second-order valence-corrected chi connectivity index (χ2v) is 5.77. The number of halogens is 3. The Labute approximate surface area is 113 Å². The van der Waals surface area contributed by atoms with Crippen LogP contribution in [-0.4, -0.2) is 26.9 Å². The van der Waals surface area contributed by atoms with E-state index in [-0.39, 0.29) is 17.1 Å². The Bertz CT molecular complexity index is 440. The average Bonchev–Trinajstić information content (AvgIpc) is 2.12. The lowest BCUT2D eigenvalue weighted by Crippen LogP contribution is -2.12. The van der Waals surface area contributed by atoms with Crippen molar-refractivity contribution < 1.29 is 19.7 Å². The number of carbonyl (C=O) groups excluding carboxylic acids is 1. The quantitative estimate of drug-likeness (QED) is 0.665.